The second-order valence-corrected chi connectivity index (χ2v) is 5.97. The van der Waals surface area contributed by atoms with E-state index in [0.29, 0.717) is 13.0 Å². The molecule has 5 nitrogen and oxygen atoms in total. The van der Waals surface area contributed by atoms with E-state index in [1.807, 2.05) is 20.8 Å². The van der Waals surface area contributed by atoms with Crippen LogP contribution in [0.15, 0.2) is 0 Å². The van der Waals surface area contributed by atoms with E-state index in [4.69, 9.17) is 9.84 Å². The monoisotopic (exact) mass is 273 g/mol. The molecular weight excluding hydrogens is 246 g/mol. The highest BCUT2D eigenvalue weighted by atomic mass is 16.5. The van der Waals surface area contributed by atoms with E-state index in [1.165, 1.54) is 11.9 Å². The van der Waals surface area contributed by atoms with Crippen LogP contribution in [0, 0.1) is 5.41 Å². The third-order valence-electron chi connectivity index (χ3n) is 3.24. The van der Waals surface area contributed by atoms with Crippen LogP contribution in [0.2, 0.25) is 0 Å². The SMILES string of the molecule is COCCCCC(=O)CC(N(C)C(=O)O)C(C)(C)C. The van der Waals surface area contributed by atoms with E-state index in [-0.39, 0.29) is 23.7 Å². The number of methoxy groups -OCH3 is 1. The van der Waals surface area contributed by atoms with Gasteiger partial charge in [-0.3, -0.25) is 4.79 Å². The summed E-state index contributed by atoms with van der Waals surface area (Å²) in [4.78, 5) is 24.2. The fourth-order valence-corrected chi connectivity index (χ4v) is 2.04. The minimum Gasteiger partial charge on any atom is -0.465 e. The lowest BCUT2D eigenvalue weighted by Gasteiger charge is -2.36. The van der Waals surface area contributed by atoms with Crippen LogP contribution in [0.4, 0.5) is 4.79 Å². The molecule has 1 N–H and O–H groups in total. The van der Waals surface area contributed by atoms with Gasteiger partial charge in [0.1, 0.15) is 5.78 Å². The van der Waals surface area contributed by atoms with Gasteiger partial charge in [0, 0.05) is 39.6 Å². The molecule has 1 unspecified atom stereocenters. The number of ketones is 1. The molecule has 0 aromatic heterocycles. The van der Waals surface area contributed by atoms with Crippen molar-refractivity contribution in [2.24, 2.45) is 5.41 Å². The molecule has 0 aliphatic carbocycles. The van der Waals surface area contributed by atoms with Crippen molar-refractivity contribution in [3.8, 4) is 0 Å². The number of rotatable bonds is 8. The van der Waals surface area contributed by atoms with Crippen LogP contribution in [0.3, 0.4) is 0 Å². The normalized spacial score (nSPS) is 13.1. The van der Waals surface area contributed by atoms with Crippen molar-refractivity contribution in [3.63, 3.8) is 0 Å². The lowest BCUT2D eigenvalue weighted by atomic mass is 9.82. The molecule has 5 heteroatoms. The number of amides is 1. The summed E-state index contributed by atoms with van der Waals surface area (Å²) in [5.41, 5.74) is -0.255. The maximum Gasteiger partial charge on any atom is 0.407 e. The predicted molar refractivity (Wildman–Crippen MR) is 74.4 cm³/mol. The summed E-state index contributed by atoms with van der Waals surface area (Å²) in [5, 5.41) is 9.07. The minimum absolute atomic E-state index is 0.115. The molecule has 0 spiro atoms. The fraction of sp³-hybridized carbons (Fsp3) is 0.857. The zero-order valence-corrected chi connectivity index (χ0v) is 12.7. The van der Waals surface area contributed by atoms with Crippen LogP contribution in [0.5, 0.6) is 0 Å². The van der Waals surface area contributed by atoms with Gasteiger partial charge in [-0.05, 0) is 18.3 Å². The lowest BCUT2D eigenvalue weighted by Crippen LogP contribution is -2.45. The highest BCUT2D eigenvalue weighted by Crippen LogP contribution is 2.27. The lowest BCUT2D eigenvalue weighted by molar-refractivity contribution is -0.121. The van der Waals surface area contributed by atoms with Crippen molar-refractivity contribution in [2.75, 3.05) is 20.8 Å². The molecule has 1 atom stereocenters. The van der Waals surface area contributed by atoms with Gasteiger partial charge in [0.05, 0.1) is 0 Å². The molecule has 0 bridgehead atoms. The molecule has 0 aliphatic heterocycles. The number of Topliss-reactive ketones (excluding diaryl/α,β-unsaturated/α-hetero) is 1. The second-order valence-electron chi connectivity index (χ2n) is 5.97. The Morgan fingerprint density at radius 2 is 1.84 bits per heavy atom. The minimum atomic E-state index is -0.993. The highest BCUT2D eigenvalue weighted by Gasteiger charge is 2.32. The Bertz CT molecular complexity index is 296. The summed E-state index contributed by atoms with van der Waals surface area (Å²) >= 11 is 0. The highest BCUT2D eigenvalue weighted by molar-refractivity contribution is 5.79. The second kappa shape index (κ2) is 8.15. The van der Waals surface area contributed by atoms with E-state index in [9.17, 15) is 9.59 Å². The number of nitrogens with zero attached hydrogens (tertiary/aromatic N) is 1. The van der Waals surface area contributed by atoms with Gasteiger partial charge in [0.2, 0.25) is 0 Å². The molecule has 0 saturated heterocycles. The first-order valence-electron chi connectivity index (χ1n) is 6.66. The van der Waals surface area contributed by atoms with E-state index < -0.39 is 6.09 Å². The topological polar surface area (TPSA) is 66.8 Å². The number of unbranched alkanes of at least 4 members (excludes halogenated alkanes) is 1. The molecule has 0 fully saturated rings. The third-order valence-corrected chi connectivity index (χ3v) is 3.24. The fourth-order valence-electron chi connectivity index (χ4n) is 2.04. The van der Waals surface area contributed by atoms with Gasteiger partial charge < -0.3 is 14.7 Å². The maximum atomic E-state index is 11.9. The summed E-state index contributed by atoms with van der Waals surface area (Å²) in [6.07, 6.45) is 1.42. The Morgan fingerprint density at radius 1 is 1.26 bits per heavy atom. The smallest absolute Gasteiger partial charge is 0.407 e. The first kappa shape index (κ1) is 17.9. The third kappa shape index (κ3) is 7.15. The average molecular weight is 273 g/mol. The van der Waals surface area contributed by atoms with Crippen molar-refractivity contribution >= 4 is 11.9 Å². The molecular formula is C14H27NO4. The van der Waals surface area contributed by atoms with Crippen molar-refractivity contribution in [3.05, 3.63) is 0 Å². The quantitative estimate of drug-likeness (QED) is 0.690. The molecule has 0 aliphatic rings. The van der Waals surface area contributed by atoms with Gasteiger partial charge in [-0.25, -0.2) is 4.79 Å². The summed E-state index contributed by atoms with van der Waals surface area (Å²) in [6, 6.07) is -0.292. The van der Waals surface area contributed by atoms with Crippen LogP contribution < -0.4 is 0 Å². The molecule has 0 radical (unpaired) electrons. The molecule has 112 valence electrons. The Balaban J connectivity index is 4.41. The molecule has 1 amide bonds. The number of ether oxygens (including phenoxy) is 1. The molecule has 0 rings (SSSR count). The van der Waals surface area contributed by atoms with Gasteiger partial charge in [0.25, 0.3) is 0 Å². The predicted octanol–water partition coefficient (Wildman–Crippen LogP) is 2.79. The van der Waals surface area contributed by atoms with Crippen molar-refractivity contribution in [1.29, 1.82) is 0 Å². The number of carboxylic acid groups (broad SMARTS) is 1. The summed E-state index contributed by atoms with van der Waals surface area (Å²) in [5.74, 6) is 0.115. The molecule has 19 heavy (non-hydrogen) atoms. The van der Waals surface area contributed by atoms with E-state index in [2.05, 4.69) is 0 Å². The maximum absolute atomic E-state index is 11.9. The van der Waals surface area contributed by atoms with Crippen molar-refractivity contribution < 1.29 is 19.4 Å². The van der Waals surface area contributed by atoms with Gasteiger partial charge in [-0.15, -0.1) is 0 Å². The number of carbonyl (C=O) groups excluding carboxylic acids is 1. The zero-order chi connectivity index (χ0) is 15.1. The Hall–Kier alpha value is -1.10. The zero-order valence-electron chi connectivity index (χ0n) is 12.7. The van der Waals surface area contributed by atoms with Gasteiger partial charge in [-0.2, -0.15) is 0 Å². The van der Waals surface area contributed by atoms with Crippen molar-refractivity contribution in [2.45, 2.75) is 52.5 Å². The first-order chi connectivity index (χ1) is 8.70. The van der Waals surface area contributed by atoms with Gasteiger partial charge in [0.15, 0.2) is 0 Å². The average Bonchev–Trinajstić information content (AvgIpc) is 2.29. The first-order valence-corrected chi connectivity index (χ1v) is 6.66. The molecule has 0 aromatic rings. The Kier molecular flexibility index (Phi) is 7.68. The van der Waals surface area contributed by atoms with E-state index in [1.54, 1.807) is 7.11 Å². The molecule has 0 heterocycles. The van der Waals surface area contributed by atoms with Crippen LogP contribution >= 0.6 is 0 Å². The molecule has 0 saturated carbocycles. The standard InChI is InChI=1S/C14H27NO4/c1-14(2,3)12(15(4)13(17)18)10-11(16)8-6-7-9-19-5/h12H,6-10H2,1-5H3,(H,17,18). The van der Waals surface area contributed by atoms with Crippen LogP contribution in [0.25, 0.3) is 0 Å². The van der Waals surface area contributed by atoms with Crippen LogP contribution in [-0.2, 0) is 9.53 Å². The Labute approximate surface area is 115 Å². The van der Waals surface area contributed by atoms with Crippen LogP contribution in [-0.4, -0.2) is 48.7 Å². The summed E-state index contributed by atoms with van der Waals surface area (Å²) in [7, 11) is 3.16. The van der Waals surface area contributed by atoms with Gasteiger partial charge >= 0.3 is 6.09 Å². The number of carbonyl (C=O) groups is 2. The van der Waals surface area contributed by atoms with Gasteiger partial charge in [-0.1, -0.05) is 20.8 Å². The number of hydrogen-bond donors (Lipinski definition) is 1. The Morgan fingerprint density at radius 3 is 2.26 bits per heavy atom. The largest absolute Gasteiger partial charge is 0.465 e. The van der Waals surface area contributed by atoms with E-state index >= 15 is 0 Å². The van der Waals surface area contributed by atoms with Crippen LogP contribution in [0.1, 0.15) is 46.5 Å². The number of hydrogen-bond acceptors (Lipinski definition) is 3. The van der Waals surface area contributed by atoms with E-state index in [0.717, 1.165) is 12.8 Å². The van der Waals surface area contributed by atoms with Crippen molar-refractivity contribution in [1.82, 2.24) is 4.90 Å². The molecule has 0 aromatic carbocycles. The summed E-state index contributed by atoms with van der Waals surface area (Å²) < 4.78 is 4.93. The summed E-state index contributed by atoms with van der Waals surface area (Å²) in [6.45, 7) is 6.52.